The molecule has 22 heavy (non-hydrogen) atoms. The highest BCUT2D eigenvalue weighted by molar-refractivity contribution is 5.46. The maximum absolute atomic E-state index is 6.33. The monoisotopic (exact) mass is 303 g/mol. The number of ether oxygens (including phenoxy) is 2. The lowest BCUT2D eigenvalue weighted by atomic mass is 9.70. The standard InChI is InChI=1S/C19H29NO2/c1-9-12-17(2,3)22-15-11-10-14(13-16(15)21-8)18(4,5)19(6,7)20/h10-11,13H,20H2,1-8H3. The van der Waals surface area contributed by atoms with Crippen LogP contribution in [0.3, 0.4) is 0 Å². The summed E-state index contributed by atoms with van der Waals surface area (Å²) in [5, 5.41) is 0. The van der Waals surface area contributed by atoms with Crippen LogP contribution in [-0.4, -0.2) is 18.2 Å². The van der Waals surface area contributed by atoms with E-state index in [1.165, 1.54) is 0 Å². The first-order valence-electron chi connectivity index (χ1n) is 7.55. The lowest BCUT2D eigenvalue weighted by molar-refractivity contribution is 0.165. The van der Waals surface area contributed by atoms with Crippen LogP contribution >= 0.6 is 0 Å². The van der Waals surface area contributed by atoms with E-state index in [1.54, 1.807) is 14.0 Å². The molecule has 0 amide bonds. The molecule has 0 fully saturated rings. The minimum Gasteiger partial charge on any atom is -0.493 e. The molecule has 1 aromatic rings. The zero-order valence-corrected chi connectivity index (χ0v) is 15.1. The van der Waals surface area contributed by atoms with Gasteiger partial charge in [-0.1, -0.05) is 25.8 Å². The Hall–Kier alpha value is -1.66. The van der Waals surface area contributed by atoms with Gasteiger partial charge < -0.3 is 15.2 Å². The molecule has 3 heteroatoms. The molecule has 0 spiro atoms. The first kappa shape index (κ1) is 18.4. The van der Waals surface area contributed by atoms with Gasteiger partial charge in [-0.25, -0.2) is 0 Å². The Morgan fingerprint density at radius 1 is 1.00 bits per heavy atom. The van der Waals surface area contributed by atoms with E-state index >= 15 is 0 Å². The number of hydrogen-bond donors (Lipinski definition) is 1. The zero-order valence-electron chi connectivity index (χ0n) is 15.1. The van der Waals surface area contributed by atoms with Crippen molar-refractivity contribution in [1.29, 1.82) is 0 Å². The van der Waals surface area contributed by atoms with E-state index in [2.05, 4.69) is 25.7 Å². The molecule has 0 saturated heterocycles. The third-order valence-electron chi connectivity index (χ3n) is 4.29. The fourth-order valence-corrected chi connectivity index (χ4v) is 2.11. The van der Waals surface area contributed by atoms with Crippen LogP contribution in [-0.2, 0) is 5.41 Å². The summed E-state index contributed by atoms with van der Waals surface area (Å²) in [6.45, 7) is 14.0. The van der Waals surface area contributed by atoms with Gasteiger partial charge >= 0.3 is 0 Å². The molecule has 3 nitrogen and oxygen atoms in total. The second-order valence-electron chi connectivity index (χ2n) is 7.20. The number of rotatable bonds is 5. The van der Waals surface area contributed by atoms with E-state index in [1.807, 2.05) is 45.9 Å². The van der Waals surface area contributed by atoms with Crippen molar-refractivity contribution in [1.82, 2.24) is 0 Å². The Balaban J connectivity index is 3.25. The Bertz CT molecular complexity index is 584. The van der Waals surface area contributed by atoms with Crippen molar-refractivity contribution in [2.75, 3.05) is 7.11 Å². The fourth-order valence-electron chi connectivity index (χ4n) is 2.11. The number of benzene rings is 1. The van der Waals surface area contributed by atoms with Crippen LogP contribution in [0.5, 0.6) is 11.5 Å². The molecule has 0 saturated carbocycles. The highest BCUT2D eigenvalue weighted by Crippen LogP contribution is 2.38. The maximum atomic E-state index is 6.33. The summed E-state index contributed by atoms with van der Waals surface area (Å²) >= 11 is 0. The number of methoxy groups -OCH3 is 1. The minimum atomic E-state index is -0.563. The SMILES string of the molecule is CC#CC(C)(C)Oc1ccc(C(C)(C)C(C)(C)N)cc1OC. The molecule has 0 aliphatic heterocycles. The average molecular weight is 303 g/mol. The van der Waals surface area contributed by atoms with Crippen LogP contribution in [0.15, 0.2) is 18.2 Å². The van der Waals surface area contributed by atoms with Crippen molar-refractivity contribution in [3.05, 3.63) is 23.8 Å². The largest absolute Gasteiger partial charge is 0.493 e. The van der Waals surface area contributed by atoms with Gasteiger partial charge in [-0.15, -0.1) is 5.92 Å². The molecule has 2 N–H and O–H groups in total. The summed E-state index contributed by atoms with van der Waals surface area (Å²) in [5.74, 6) is 7.31. The summed E-state index contributed by atoms with van der Waals surface area (Å²) in [6.07, 6.45) is 0. The first-order chi connectivity index (χ1) is 9.94. The van der Waals surface area contributed by atoms with Gasteiger partial charge in [0.25, 0.3) is 0 Å². The topological polar surface area (TPSA) is 44.5 Å². The molecule has 0 radical (unpaired) electrons. The van der Waals surface area contributed by atoms with E-state index < -0.39 is 5.60 Å². The van der Waals surface area contributed by atoms with Crippen molar-refractivity contribution in [3.8, 4) is 23.3 Å². The van der Waals surface area contributed by atoms with Crippen molar-refractivity contribution in [2.24, 2.45) is 5.73 Å². The van der Waals surface area contributed by atoms with Crippen molar-refractivity contribution in [3.63, 3.8) is 0 Å². The average Bonchev–Trinajstić information content (AvgIpc) is 2.37. The minimum absolute atomic E-state index is 0.197. The van der Waals surface area contributed by atoms with E-state index in [4.69, 9.17) is 15.2 Å². The van der Waals surface area contributed by atoms with Gasteiger partial charge in [0.2, 0.25) is 0 Å². The molecule has 0 bridgehead atoms. The first-order valence-corrected chi connectivity index (χ1v) is 7.55. The van der Waals surface area contributed by atoms with Crippen LogP contribution < -0.4 is 15.2 Å². The zero-order chi connectivity index (χ0) is 17.2. The molecule has 1 rings (SSSR count). The van der Waals surface area contributed by atoms with Gasteiger partial charge in [-0.3, -0.25) is 0 Å². The number of nitrogens with two attached hydrogens (primary N) is 1. The van der Waals surface area contributed by atoms with Crippen molar-refractivity contribution < 1.29 is 9.47 Å². The smallest absolute Gasteiger partial charge is 0.163 e. The van der Waals surface area contributed by atoms with Crippen LogP contribution in [0.1, 0.15) is 54.0 Å². The molecular weight excluding hydrogens is 274 g/mol. The Kier molecular flexibility index (Phi) is 5.20. The van der Waals surface area contributed by atoms with E-state index in [0.717, 1.165) is 5.56 Å². The molecule has 122 valence electrons. The summed E-state index contributed by atoms with van der Waals surface area (Å²) in [5.41, 5.74) is 6.33. The van der Waals surface area contributed by atoms with Gasteiger partial charge in [0.05, 0.1) is 7.11 Å². The highest BCUT2D eigenvalue weighted by Gasteiger charge is 2.35. The summed E-state index contributed by atoms with van der Waals surface area (Å²) < 4.78 is 11.5. The van der Waals surface area contributed by atoms with Gasteiger partial charge in [0.1, 0.15) is 0 Å². The van der Waals surface area contributed by atoms with Gasteiger partial charge in [0.15, 0.2) is 17.1 Å². The molecule has 0 aliphatic rings. The number of hydrogen-bond acceptors (Lipinski definition) is 3. The third-order valence-corrected chi connectivity index (χ3v) is 4.29. The lowest BCUT2D eigenvalue weighted by Crippen LogP contribution is -2.50. The Morgan fingerprint density at radius 3 is 2.05 bits per heavy atom. The summed E-state index contributed by atoms with van der Waals surface area (Å²) in [7, 11) is 1.64. The molecule has 0 aromatic heterocycles. The fraction of sp³-hybridized carbons (Fsp3) is 0.579. The van der Waals surface area contributed by atoms with Crippen molar-refractivity contribution in [2.45, 2.75) is 65.0 Å². The normalized spacial score (nSPS) is 12.4. The third kappa shape index (κ3) is 3.96. The van der Waals surface area contributed by atoms with Crippen LogP contribution in [0, 0.1) is 11.8 Å². The predicted octanol–water partition coefficient (Wildman–Crippen LogP) is 3.89. The van der Waals surface area contributed by atoms with Crippen LogP contribution in [0.2, 0.25) is 0 Å². The Labute approximate surface area is 135 Å². The van der Waals surface area contributed by atoms with Crippen LogP contribution in [0.25, 0.3) is 0 Å². The molecular formula is C19H29NO2. The molecule has 0 heterocycles. The predicted molar refractivity (Wildman–Crippen MR) is 92.4 cm³/mol. The quantitative estimate of drug-likeness (QED) is 0.839. The highest BCUT2D eigenvalue weighted by atomic mass is 16.5. The van der Waals surface area contributed by atoms with Crippen molar-refractivity contribution >= 4 is 0 Å². The Morgan fingerprint density at radius 2 is 1.59 bits per heavy atom. The summed E-state index contributed by atoms with van der Waals surface area (Å²) in [4.78, 5) is 0. The van der Waals surface area contributed by atoms with Gasteiger partial charge in [0, 0.05) is 11.0 Å². The second-order valence-corrected chi connectivity index (χ2v) is 7.20. The lowest BCUT2D eigenvalue weighted by Gasteiger charge is -2.39. The van der Waals surface area contributed by atoms with E-state index in [0.29, 0.717) is 11.5 Å². The van der Waals surface area contributed by atoms with E-state index in [9.17, 15) is 0 Å². The molecule has 1 aromatic carbocycles. The molecule has 0 atom stereocenters. The summed E-state index contributed by atoms with van der Waals surface area (Å²) in [6, 6.07) is 5.97. The van der Waals surface area contributed by atoms with Gasteiger partial charge in [-0.05, 0) is 52.3 Å². The maximum Gasteiger partial charge on any atom is 0.163 e. The molecule has 0 unspecified atom stereocenters. The van der Waals surface area contributed by atoms with Crippen LogP contribution in [0.4, 0.5) is 0 Å². The second kappa shape index (κ2) is 6.22. The van der Waals surface area contributed by atoms with Gasteiger partial charge in [-0.2, -0.15) is 0 Å². The van der Waals surface area contributed by atoms with E-state index in [-0.39, 0.29) is 11.0 Å². The molecule has 0 aliphatic carbocycles.